The molecule has 2 atom stereocenters. The van der Waals surface area contributed by atoms with Gasteiger partial charge < -0.3 is 4.90 Å². The molecule has 0 aromatic carbocycles. The molecule has 1 aliphatic heterocycles. The van der Waals surface area contributed by atoms with Crippen molar-refractivity contribution in [2.24, 2.45) is 16.7 Å². The topological polar surface area (TPSA) is 3.24 Å². The molecule has 0 bridgehead atoms. The third-order valence-electron chi connectivity index (χ3n) is 4.78. The lowest BCUT2D eigenvalue weighted by atomic mass is 9.70. The van der Waals surface area contributed by atoms with E-state index in [1.807, 2.05) is 0 Å². The fourth-order valence-corrected chi connectivity index (χ4v) is 3.84. The van der Waals surface area contributed by atoms with Crippen LogP contribution in [-0.4, -0.2) is 29.9 Å². The molecule has 1 aliphatic carbocycles. The summed E-state index contributed by atoms with van der Waals surface area (Å²) in [6.45, 7) is 11.2. The van der Waals surface area contributed by atoms with E-state index in [9.17, 15) is 0 Å². The fourth-order valence-electron chi connectivity index (χ4n) is 3.11. The SMILES string of the molecule is CC1CN(CC2(C)CCC2)CC1(C)CBr. The molecule has 0 aromatic heterocycles. The van der Waals surface area contributed by atoms with E-state index in [0.29, 0.717) is 10.8 Å². The maximum Gasteiger partial charge on any atom is 0.0101 e. The Morgan fingerprint density at radius 3 is 2.40 bits per heavy atom. The molecule has 0 amide bonds. The number of nitrogens with zero attached hydrogens (tertiary/aromatic N) is 1. The molecule has 2 unspecified atom stereocenters. The molecule has 2 rings (SSSR count). The maximum atomic E-state index is 3.68. The second-order valence-corrected chi connectivity index (χ2v) is 7.08. The van der Waals surface area contributed by atoms with Crippen LogP contribution in [0.4, 0.5) is 0 Å². The van der Waals surface area contributed by atoms with Crippen LogP contribution < -0.4 is 0 Å². The van der Waals surface area contributed by atoms with Crippen molar-refractivity contribution in [1.82, 2.24) is 4.90 Å². The Balaban J connectivity index is 1.91. The molecule has 2 aliphatic rings. The van der Waals surface area contributed by atoms with Gasteiger partial charge in [-0.1, -0.05) is 43.1 Å². The van der Waals surface area contributed by atoms with Crippen LogP contribution in [0.5, 0.6) is 0 Å². The van der Waals surface area contributed by atoms with E-state index in [0.717, 1.165) is 11.2 Å². The van der Waals surface area contributed by atoms with Crippen LogP contribution in [0, 0.1) is 16.7 Å². The zero-order valence-corrected chi connectivity index (χ0v) is 11.9. The standard InChI is InChI=1S/C13H24BrN/c1-11-7-15(10-13(11,3)8-14)9-12(2)5-4-6-12/h11H,4-10H2,1-3H3. The molecule has 2 heteroatoms. The number of halogens is 1. The van der Waals surface area contributed by atoms with Gasteiger partial charge in [-0.15, -0.1) is 0 Å². The van der Waals surface area contributed by atoms with Crippen molar-refractivity contribution in [3.05, 3.63) is 0 Å². The highest BCUT2D eigenvalue weighted by atomic mass is 79.9. The van der Waals surface area contributed by atoms with Crippen molar-refractivity contribution in [3.8, 4) is 0 Å². The highest BCUT2D eigenvalue weighted by Crippen LogP contribution is 2.44. The Hall–Kier alpha value is 0.440. The van der Waals surface area contributed by atoms with Crippen molar-refractivity contribution < 1.29 is 0 Å². The number of likely N-dealkylation sites (tertiary alicyclic amines) is 1. The first-order valence-corrected chi connectivity index (χ1v) is 7.38. The summed E-state index contributed by atoms with van der Waals surface area (Å²) in [5.41, 5.74) is 1.15. The molecule has 0 spiro atoms. The predicted octanol–water partition coefficient (Wildman–Crippen LogP) is 3.53. The van der Waals surface area contributed by atoms with E-state index in [2.05, 4.69) is 41.6 Å². The zero-order chi connectivity index (χ0) is 11.1. The molecule has 15 heavy (non-hydrogen) atoms. The summed E-state index contributed by atoms with van der Waals surface area (Å²) in [6.07, 6.45) is 4.35. The number of rotatable bonds is 3. The van der Waals surface area contributed by atoms with Crippen molar-refractivity contribution in [1.29, 1.82) is 0 Å². The summed E-state index contributed by atoms with van der Waals surface area (Å²) in [5, 5.41) is 1.15. The van der Waals surface area contributed by atoms with Crippen molar-refractivity contribution in [3.63, 3.8) is 0 Å². The van der Waals surface area contributed by atoms with Crippen LogP contribution in [0.1, 0.15) is 40.0 Å². The van der Waals surface area contributed by atoms with Gasteiger partial charge in [0, 0.05) is 25.0 Å². The summed E-state index contributed by atoms with van der Waals surface area (Å²) in [7, 11) is 0. The Morgan fingerprint density at radius 1 is 1.33 bits per heavy atom. The van der Waals surface area contributed by atoms with E-state index in [1.165, 1.54) is 38.9 Å². The molecular formula is C13H24BrN. The summed E-state index contributed by atoms with van der Waals surface area (Å²) in [5.74, 6) is 0.834. The first kappa shape index (κ1) is 11.9. The first-order chi connectivity index (χ1) is 6.97. The van der Waals surface area contributed by atoms with Crippen molar-refractivity contribution >= 4 is 15.9 Å². The minimum atomic E-state index is 0.500. The lowest BCUT2D eigenvalue weighted by Gasteiger charge is -2.41. The summed E-state index contributed by atoms with van der Waals surface area (Å²) < 4.78 is 0. The van der Waals surface area contributed by atoms with Gasteiger partial charge in [-0.2, -0.15) is 0 Å². The predicted molar refractivity (Wildman–Crippen MR) is 69.5 cm³/mol. The van der Waals surface area contributed by atoms with E-state index in [1.54, 1.807) is 0 Å². The average molecular weight is 274 g/mol. The van der Waals surface area contributed by atoms with Crippen LogP contribution >= 0.6 is 15.9 Å². The summed E-state index contributed by atoms with van der Waals surface area (Å²) >= 11 is 3.68. The molecule has 0 aromatic rings. The van der Waals surface area contributed by atoms with E-state index in [4.69, 9.17) is 0 Å². The number of hydrogen-bond donors (Lipinski definition) is 0. The Morgan fingerprint density at radius 2 is 2.00 bits per heavy atom. The first-order valence-electron chi connectivity index (χ1n) is 6.26. The lowest BCUT2D eigenvalue weighted by molar-refractivity contribution is 0.0934. The zero-order valence-electron chi connectivity index (χ0n) is 10.4. The maximum absolute atomic E-state index is 3.68. The molecule has 1 saturated carbocycles. The number of alkyl halides is 1. The highest BCUT2D eigenvalue weighted by molar-refractivity contribution is 9.09. The molecule has 2 fully saturated rings. The summed E-state index contributed by atoms with van der Waals surface area (Å²) in [4.78, 5) is 2.70. The van der Waals surface area contributed by atoms with Gasteiger partial charge in [-0.25, -0.2) is 0 Å². The van der Waals surface area contributed by atoms with Crippen molar-refractivity contribution in [2.45, 2.75) is 40.0 Å². The summed E-state index contributed by atoms with van der Waals surface area (Å²) in [6, 6.07) is 0. The normalized spacial score (nSPS) is 40.4. The van der Waals surface area contributed by atoms with Crippen LogP contribution in [0.2, 0.25) is 0 Å². The minimum absolute atomic E-state index is 0.500. The van der Waals surface area contributed by atoms with E-state index >= 15 is 0 Å². The molecule has 88 valence electrons. The van der Waals surface area contributed by atoms with E-state index < -0.39 is 0 Å². The second-order valence-electron chi connectivity index (χ2n) is 6.52. The van der Waals surface area contributed by atoms with Gasteiger partial charge in [0.2, 0.25) is 0 Å². The Kier molecular flexibility index (Phi) is 3.20. The minimum Gasteiger partial charge on any atom is -0.302 e. The smallest absolute Gasteiger partial charge is 0.0101 e. The molecule has 0 radical (unpaired) electrons. The highest BCUT2D eigenvalue weighted by Gasteiger charge is 2.42. The van der Waals surface area contributed by atoms with Crippen LogP contribution in [0.3, 0.4) is 0 Å². The quantitative estimate of drug-likeness (QED) is 0.712. The molecule has 0 N–H and O–H groups in total. The van der Waals surface area contributed by atoms with Gasteiger partial charge in [0.05, 0.1) is 0 Å². The second kappa shape index (κ2) is 4.03. The third-order valence-corrected chi connectivity index (χ3v) is 6.06. The van der Waals surface area contributed by atoms with Crippen LogP contribution in [-0.2, 0) is 0 Å². The average Bonchev–Trinajstić information content (AvgIpc) is 2.40. The Labute approximate surface area is 103 Å². The molecule has 1 nitrogen and oxygen atoms in total. The van der Waals surface area contributed by atoms with Crippen LogP contribution in [0.25, 0.3) is 0 Å². The van der Waals surface area contributed by atoms with Gasteiger partial charge in [-0.05, 0) is 29.6 Å². The van der Waals surface area contributed by atoms with E-state index in [-0.39, 0.29) is 0 Å². The van der Waals surface area contributed by atoms with Crippen molar-refractivity contribution in [2.75, 3.05) is 25.0 Å². The monoisotopic (exact) mass is 273 g/mol. The Bertz CT molecular complexity index is 235. The lowest BCUT2D eigenvalue weighted by Crippen LogP contribution is -2.40. The van der Waals surface area contributed by atoms with Crippen LogP contribution in [0.15, 0.2) is 0 Å². The largest absolute Gasteiger partial charge is 0.302 e. The van der Waals surface area contributed by atoms with Gasteiger partial charge in [-0.3, -0.25) is 0 Å². The molecular weight excluding hydrogens is 250 g/mol. The van der Waals surface area contributed by atoms with Gasteiger partial charge in [0.1, 0.15) is 0 Å². The molecule has 1 saturated heterocycles. The molecule has 1 heterocycles. The van der Waals surface area contributed by atoms with Gasteiger partial charge >= 0.3 is 0 Å². The van der Waals surface area contributed by atoms with Gasteiger partial charge in [0.25, 0.3) is 0 Å². The number of hydrogen-bond acceptors (Lipinski definition) is 1. The third kappa shape index (κ3) is 2.26. The van der Waals surface area contributed by atoms with Gasteiger partial charge in [0.15, 0.2) is 0 Å². The fraction of sp³-hybridized carbons (Fsp3) is 1.00.